The Kier molecular flexibility index (Phi) is 2.53. The number of fused-ring (bicyclic) bond motifs is 1. The van der Waals surface area contributed by atoms with E-state index in [9.17, 15) is 4.39 Å². The Bertz CT molecular complexity index is 643. The van der Waals surface area contributed by atoms with Crippen LogP contribution in [-0.4, -0.2) is 0 Å². The van der Waals surface area contributed by atoms with Crippen LogP contribution in [0.1, 0.15) is 0 Å². The number of thiophene rings is 1. The number of benzene rings is 2. The van der Waals surface area contributed by atoms with Gasteiger partial charge in [-0.1, -0.05) is 6.07 Å². The highest BCUT2D eigenvalue weighted by molar-refractivity contribution is 7.16. The van der Waals surface area contributed by atoms with Gasteiger partial charge in [0.2, 0.25) is 0 Å². The summed E-state index contributed by atoms with van der Waals surface area (Å²) in [6.45, 7) is 0. The monoisotopic (exact) mass is 243 g/mol. The molecule has 3 aromatic rings. The highest BCUT2D eigenvalue weighted by atomic mass is 32.1. The van der Waals surface area contributed by atoms with Gasteiger partial charge in [0.05, 0.1) is 0 Å². The molecule has 0 saturated heterocycles. The first-order valence-electron chi connectivity index (χ1n) is 5.15. The smallest absolute Gasteiger partial charge is 0.136 e. The molecular formula is C14H8FOS. The molecule has 0 unspecified atom stereocenters. The maximum Gasteiger partial charge on any atom is 0.136 e. The first kappa shape index (κ1) is 10.3. The summed E-state index contributed by atoms with van der Waals surface area (Å²) in [4.78, 5) is 0. The van der Waals surface area contributed by atoms with Crippen LogP contribution < -0.4 is 4.74 Å². The number of hydrogen-bond donors (Lipinski definition) is 0. The predicted molar refractivity (Wildman–Crippen MR) is 67.1 cm³/mol. The van der Waals surface area contributed by atoms with Crippen molar-refractivity contribution < 1.29 is 9.13 Å². The fourth-order valence-corrected chi connectivity index (χ4v) is 2.35. The van der Waals surface area contributed by atoms with Crippen molar-refractivity contribution in [1.29, 1.82) is 0 Å². The molecule has 0 aliphatic carbocycles. The van der Waals surface area contributed by atoms with Crippen LogP contribution in [0.2, 0.25) is 0 Å². The fourth-order valence-electron chi connectivity index (χ4n) is 1.63. The minimum absolute atomic E-state index is 0.264. The molecule has 0 N–H and O–H groups in total. The molecular weight excluding hydrogens is 235 g/mol. The second-order valence-corrected chi connectivity index (χ2v) is 4.47. The van der Waals surface area contributed by atoms with Gasteiger partial charge in [-0.25, -0.2) is 4.39 Å². The van der Waals surface area contributed by atoms with E-state index < -0.39 is 0 Å². The van der Waals surface area contributed by atoms with Crippen molar-refractivity contribution in [2.75, 3.05) is 0 Å². The molecule has 3 rings (SSSR count). The Hall–Kier alpha value is -1.87. The molecule has 0 bridgehead atoms. The summed E-state index contributed by atoms with van der Waals surface area (Å²) < 4.78 is 19.6. The second kappa shape index (κ2) is 4.18. The standard InChI is InChI=1S/C14H8FOS/c15-10-4-6-11(7-5-10)16-13-2-1-3-14-12(13)8-9-17-14/h1-8H. The molecule has 0 aliphatic heterocycles. The van der Waals surface area contributed by atoms with Gasteiger partial charge in [-0.05, 0) is 42.5 Å². The zero-order chi connectivity index (χ0) is 11.7. The minimum Gasteiger partial charge on any atom is -0.457 e. The van der Waals surface area contributed by atoms with Crippen LogP contribution in [0.3, 0.4) is 0 Å². The van der Waals surface area contributed by atoms with Crippen LogP contribution in [0.25, 0.3) is 10.1 Å². The Morgan fingerprint density at radius 3 is 2.71 bits per heavy atom. The predicted octanol–water partition coefficient (Wildman–Crippen LogP) is 4.63. The average Bonchev–Trinajstić information content (AvgIpc) is 2.81. The van der Waals surface area contributed by atoms with E-state index in [4.69, 9.17) is 4.74 Å². The van der Waals surface area contributed by atoms with Crippen molar-refractivity contribution in [3.05, 3.63) is 59.7 Å². The third kappa shape index (κ3) is 2.01. The molecule has 0 spiro atoms. The van der Waals surface area contributed by atoms with Crippen LogP contribution in [0.5, 0.6) is 11.5 Å². The molecule has 0 amide bonds. The van der Waals surface area contributed by atoms with Crippen molar-refractivity contribution in [1.82, 2.24) is 0 Å². The highest BCUT2D eigenvalue weighted by Crippen LogP contribution is 2.32. The second-order valence-electron chi connectivity index (χ2n) is 3.59. The van der Waals surface area contributed by atoms with E-state index in [0.717, 1.165) is 15.8 Å². The van der Waals surface area contributed by atoms with E-state index in [2.05, 4.69) is 5.38 Å². The number of hydrogen-bond acceptors (Lipinski definition) is 2. The molecule has 0 atom stereocenters. The molecule has 0 fully saturated rings. The van der Waals surface area contributed by atoms with Gasteiger partial charge in [-0.2, -0.15) is 0 Å². The molecule has 1 radical (unpaired) electrons. The molecule has 2 aromatic carbocycles. The Balaban J connectivity index is 1.99. The van der Waals surface area contributed by atoms with Crippen molar-refractivity contribution in [2.24, 2.45) is 0 Å². The molecule has 17 heavy (non-hydrogen) atoms. The van der Waals surface area contributed by atoms with Gasteiger partial charge in [-0.15, -0.1) is 11.3 Å². The summed E-state index contributed by atoms with van der Waals surface area (Å²) in [6, 6.07) is 13.8. The average molecular weight is 243 g/mol. The van der Waals surface area contributed by atoms with Gasteiger partial charge in [-0.3, -0.25) is 0 Å². The van der Waals surface area contributed by atoms with Gasteiger partial charge in [0.25, 0.3) is 0 Å². The highest BCUT2D eigenvalue weighted by Gasteiger charge is 2.04. The van der Waals surface area contributed by atoms with Crippen molar-refractivity contribution in [3.63, 3.8) is 0 Å². The summed E-state index contributed by atoms with van der Waals surface area (Å²) in [5.74, 6) is 1.14. The topological polar surface area (TPSA) is 9.23 Å². The van der Waals surface area contributed by atoms with E-state index in [-0.39, 0.29) is 5.82 Å². The first-order chi connectivity index (χ1) is 8.33. The summed E-state index contributed by atoms with van der Waals surface area (Å²) in [7, 11) is 0. The van der Waals surface area contributed by atoms with Gasteiger partial charge < -0.3 is 4.74 Å². The van der Waals surface area contributed by atoms with E-state index in [1.807, 2.05) is 24.3 Å². The van der Waals surface area contributed by atoms with E-state index in [1.54, 1.807) is 23.5 Å². The lowest BCUT2D eigenvalue weighted by Gasteiger charge is -2.06. The lowest BCUT2D eigenvalue weighted by Crippen LogP contribution is -1.84. The van der Waals surface area contributed by atoms with Crippen molar-refractivity contribution in [3.8, 4) is 11.5 Å². The quantitative estimate of drug-likeness (QED) is 0.637. The maximum absolute atomic E-state index is 12.8. The van der Waals surface area contributed by atoms with Crippen molar-refractivity contribution >= 4 is 21.4 Å². The lowest BCUT2D eigenvalue weighted by molar-refractivity contribution is 0.486. The maximum atomic E-state index is 12.8. The number of ether oxygens (including phenoxy) is 1. The molecule has 0 aliphatic rings. The van der Waals surface area contributed by atoms with E-state index in [1.165, 1.54) is 12.1 Å². The van der Waals surface area contributed by atoms with Crippen LogP contribution in [0.15, 0.2) is 48.5 Å². The number of halogens is 1. The molecule has 1 nitrogen and oxygen atoms in total. The normalized spacial score (nSPS) is 10.6. The third-order valence-electron chi connectivity index (χ3n) is 2.44. The Labute approximate surface area is 102 Å². The lowest BCUT2D eigenvalue weighted by atomic mass is 10.2. The summed E-state index contributed by atoms with van der Waals surface area (Å²) in [6.07, 6.45) is 0. The van der Waals surface area contributed by atoms with Crippen LogP contribution in [-0.2, 0) is 0 Å². The number of rotatable bonds is 2. The Morgan fingerprint density at radius 1 is 1.06 bits per heavy atom. The molecule has 83 valence electrons. The summed E-state index contributed by atoms with van der Waals surface area (Å²) >= 11 is 1.55. The largest absolute Gasteiger partial charge is 0.457 e. The third-order valence-corrected chi connectivity index (χ3v) is 3.25. The first-order valence-corrected chi connectivity index (χ1v) is 5.96. The summed E-state index contributed by atoms with van der Waals surface area (Å²) in [5.41, 5.74) is 0. The van der Waals surface area contributed by atoms with Crippen LogP contribution in [0.4, 0.5) is 4.39 Å². The zero-order valence-corrected chi connectivity index (χ0v) is 9.63. The molecule has 1 heterocycles. The summed E-state index contributed by atoms with van der Waals surface area (Å²) in [5, 5.41) is 4.10. The van der Waals surface area contributed by atoms with Crippen molar-refractivity contribution in [2.45, 2.75) is 0 Å². The zero-order valence-electron chi connectivity index (χ0n) is 8.81. The van der Waals surface area contributed by atoms with E-state index >= 15 is 0 Å². The van der Waals surface area contributed by atoms with E-state index in [0.29, 0.717) is 5.75 Å². The Morgan fingerprint density at radius 2 is 1.88 bits per heavy atom. The van der Waals surface area contributed by atoms with Gasteiger partial charge in [0, 0.05) is 15.5 Å². The van der Waals surface area contributed by atoms with Crippen LogP contribution >= 0.6 is 11.3 Å². The molecule has 1 aromatic heterocycles. The minimum atomic E-state index is -0.264. The van der Waals surface area contributed by atoms with Gasteiger partial charge in [0.1, 0.15) is 17.3 Å². The molecule has 3 heteroatoms. The molecule has 0 saturated carbocycles. The van der Waals surface area contributed by atoms with Crippen LogP contribution in [0, 0.1) is 11.2 Å². The van der Waals surface area contributed by atoms with Gasteiger partial charge >= 0.3 is 0 Å². The fraction of sp³-hybridized carbons (Fsp3) is 0. The SMILES string of the molecule is Fc1ccc(Oc2cccc3s[c]cc23)cc1. The van der Waals surface area contributed by atoms with Gasteiger partial charge in [0.15, 0.2) is 0 Å².